The van der Waals surface area contributed by atoms with E-state index in [9.17, 15) is 9.90 Å². The van der Waals surface area contributed by atoms with Gasteiger partial charge < -0.3 is 19.6 Å². The quantitative estimate of drug-likeness (QED) is 0.495. The van der Waals surface area contributed by atoms with Gasteiger partial charge in [0.25, 0.3) is 0 Å². The third-order valence-electron chi connectivity index (χ3n) is 5.01. The molecule has 0 aliphatic carbocycles. The van der Waals surface area contributed by atoms with Crippen molar-refractivity contribution in [3.05, 3.63) is 53.1 Å². The van der Waals surface area contributed by atoms with E-state index >= 15 is 0 Å². The number of rotatable bonds is 11. The van der Waals surface area contributed by atoms with Crippen LogP contribution in [0.5, 0.6) is 0 Å². The minimum absolute atomic E-state index is 0.417. The first-order chi connectivity index (χ1) is 14.0. The summed E-state index contributed by atoms with van der Waals surface area (Å²) in [6.45, 7) is 4.66. The van der Waals surface area contributed by atoms with Gasteiger partial charge in [0.2, 0.25) is 0 Å². The predicted molar refractivity (Wildman–Crippen MR) is 120 cm³/mol. The predicted octanol–water partition coefficient (Wildman–Crippen LogP) is 5.41. The molecular weight excluding hydrogens is 388 g/mol. The van der Waals surface area contributed by atoms with Crippen LogP contribution in [0.25, 0.3) is 11.1 Å². The summed E-state index contributed by atoms with van der Waals surface area (Å²) in [5, 5.41) is 9.91. The van der Waals surface area contributed by atoms with Crippen LogP contribution in [0.3, 0.4) is 0 Å². The molecule has 0 aliphatic rings. The zero-order valence-corrected chi connectivity index (χ0v) is 18.3. The molecule has 2 rings (SSSR count). The van der Waals surface area contributed by atoms with Gasteiger partial charge in [0.1, 0.15) is 0 Å². The van der Waals surface area contributed by atoms with Crippen molar-refractivity contribution in [1.82, 2.24) is 4.90 Å². The summed E-state index contributed by atoms with van der Waals surface area (Å²) in [5.74, 6) is 0. The van der Waals surface area contributed by atoms with Crippen molar-refractivity contribution in [2.24, 2.45) is 0 Å². The molecule has 0 atom stereocenters. The van der Waals surface area contributed by atoms with Crippen LogP contribution in [0, 0.1) is 0 Å². The molecule has 158 valence electrons. The molecule has 0 heterocycles. The Balaban J connectivity index is 2.37. The highest BCUT2D eigenvalue weighted by atomic mass is 35.5. The number of anilines is 1. The third-order valence-corrected chi connectivity index (χ3v) is 5.33. The lowest BCUT2D eigenvalue weighted by Gasteiger charge is -2.29. The first kappa shape index (κ1) is 23.0. The number of nitrogens with zero attached hydrogens (tertiary/aromatic N) is 2. The van der Waals surface area contributed by atoms with Crippen LogP contribution in [0.1, 0.15) is 25.3 Å². The average molecular weight is 419 g/mol. The van der Waals surface area contributed by atoms with Crippen molar-refractivity contribution in [3.63, 3.8) is 0 Å². The summed E-state index contributed by atoms with van der Waals surface area (Å²) in [6.07, 6.45) is 1.93. The van der Waals surface area contributed by atoms with E-state index in [1.807, 2.05) is 12.1 Å². The maximum Gasteiger partial charge on any atom is 0.407 e. The molecule has 2 aromatic rings. The molecule has 0 aromatic heterocycles. The fraction of sp³-hybridized carbons (Fsp3) is 0.435. The monoisotopic (exact) mass is 418 g/mol. The number of benzene rings is 2. The largest absolute Gasteiger partial charge is 0.465 e. The van der Waals surface area contributed by atoms with Gasteiger partial charge in [0, 0.05) is 51.6 Å². The van der Waals surface area contributed by atoms with Crippen LogP contribution in [-0.2, 0) is 11.2 Å². The summed E-state index contributed by atoms with van der Waals surface area (Å²) >= 11 is 6.65. The smallest absolute Gasteiger partial charge is 0.407 e. The van der Waals surface area contributed by atoms with Gasteiger partial charge in [0.05, 0.1) is 5.02 Å². The Kier molecular flexibility index (Phi) is 9.29. The standard InChI is InChI=1S/C23H31ClN2O3/c1-4-18-9-7-10-19(17-18)22-20(24)11-8-12-21(22)26(13-5-6-16-29-3)15-14-25(2)23(27)28/h7-12,17H,4-6,13-16H2,1-3H3,(H,27,28). The highest BCUT2D eigenvalue weighted by Crippen LogP contribution is 2.37. The molecule has 0 fully saturated rings. The Labute approximate surface area is 178 Å². The van der Waals surface area contributed by atoms with Crippen molar-refractivity contribution in [2.75, 3.05) is 45.3 Å². The maximum absolute atomic E-state index is 11.2. The Morgan fingerprint density at radius 1 is 1.10 bits per heavy atom. The van der Waals surface area contributed by atoms with E-state index in [0.717, 1.165) is 42.6 Å². The van der Waals surface area contributed by atoms with Gasteiger partial charge in [-0.2, -0.15) is 0 Å². The molecule has 0 spiro atoms. The second-order valence-corrected chi connectivity index (χ2v) is 7.49. The first-order valence-electron chi connectivity index (χ1n) is 10.0. The van der Waals surface area contributed by atoms with Gasteiger partial charge in [-0.05, 0) is 42.5 Å². The minimum Gasteiger partial charge on any atom is -0.465 e. The summed E-state index contributed by atoms with van der Waals surface area (Å²) in [6, 6.07) is 14.4. The highest BCUT2D eigenvalue weighted by Gasteiger charge is 2.17. The normalized spacial score (nSPS) is 10.8. The third kappa shape index (κ3) is 6.65. The SMILES string of the molecule is CCc1cccc(-c2c(Cl)cccc2N(CCCCOC)CCN(C)C(=O)O)c1. The molecular formula is C23H31ClN2O3. The van der Waals surface area contributed by atoms with Gasteiger partial charge in [-0.25, -0.2) is 4.79 Å². The second kappa shape index (κ2) is 11.7. The zero-order valence-electron chi connectivity index (χ0n) is 17.5. The molecule has 0 unspecified atom stereocenters. The lowest BCUT2D eigenvalue weighted by Crippen LogP contribution is -2.36. The van der Waals surface area contributed by atoms with E-state index in [1.54, 1.807) is 14.2 Å². The van der Waals surface area contributed by atoms with Crippen molar-refractivity contribution in [1.29, 1.82) is 0 Å². The van der Waals surface area contributed by atoms with E-state index in [1.165, 1.54) is 10.5 Å². The van der Waals surface area contributed by atoms with Crippen LogP contribution >= 0.6 is 11.6 Å². The summed E-state index contributed by atoms with van der Waals surface area (Å²) in [5.41, 5.74) is 4.36. The van der Waals surface area contributed by atoms with E-state index in [0.29, 0.717) is 24.7 Å². The average Bonchev–Trinajstić information content (AvgIpc) is 2.72. The van der Waals surface area contributed by atoms with E-state index in [-0.39, 0.29) is 0 Å². The first-order valence-corrected chi connectivity index (χ1v) is 10.4. The molecule has 1 amide bonds. The van der Waals surface area contributed by atoms with Crippen LogP contribution in [0.2, 0.25) is 5.02 Å². The number of carbonyl (C=O) groups is 1. The number of halogens is 1. The lowest BCUT2D eigenvalue weighted by molar-refractivity contribution is 0.157. The summed E-state index contributed by atoms with van der Waals surface area (Å²) in [4.78, 5) is 14.8. The number of methoxy groups -OCH3 is 1. The highest BCUT2D eigenvalue weighted by molar-refractivity contribution is 6.34. The number of hydrogen-bond acceptors (Lipinski definition) is 3. The van der Waals surface area contributed by atoms with Crippen LogP contribution in [0.4, 0.5) is 10.5 Å². The van der Waals surface area contributed by atoms with Gasteiger partial charge >= 0.3 is 6.09 Å². The molecule has 5 nitrogen and oxygen atoms in total. The number of hydrogen-bond donors (Lipinski definition) is 1. The van der Waals surface area contributed by atoms with Crippen molar-refractivity contribution >= 4 is 23.4 Å². The molecule has 0 radical (unpaired) electrons. The number of amides is 1. The number of ether oxygens (including phenoxy) is 1. The number of likely N-dealkylation sites (N-methyl/N-ethyl adjacent to an activating group) is 1. The topological polar surface area (TPSA) is 53.0 Å². The molecule has 6 heteroatoms. The number of unbranched alkanes of at least 4 members (excludes halogenated alkanes) is 1. The lowest BCUT2D eigenvalue weighted by atomic mass is 9.99. The van der Waals surface area contributed by atoms with E-state index < -0.39 is 6.09 Å². The Morgan fingerprint density at radius 3 is 2.55 bits per heavy atom. The summed E-state index contributed by atoms with van der Waals surface area (Å²) in [7, 11) is 3.30. The molecule has 0 saturated heterocycles. The van der Waals surface area contributed by atoms with Crippen LogP contribution < -0.4 is 4.90 Å². The fourth-order valence-corrected chi connectivity index (χ4v) is 3.56. The second-order valence-electron chi connectivity index (χ2n) is 7.08. The molecule has 2 aromatic carbocycles. The van der Waals surface area contributed by atoms with Crippen molar-refractivity contribution in [2.45, 2.75) is 26.2 Å². The summed E-state index contributed by atoms with van der Waals surface area (Å²) < 4.78 is 5.17. The van der Waals surface area contributed by atoms with Crippen LogP contribution in [-0.4, -0.2) is 56.5 Å². The fourth-order valence-electron chi connectivity index (χ4n) is 3.28. The minimum atomic E-state index is -0.925. The molecule has 1 N–H and O–H groups in total. The zero-order chi connectivity index (χ0) is 21.2. The molecule has 0 bridgehead atoms. The number of aryl methyl sites for hydroxylation is 1. The van der Waals surface area contributed by atoms with E-state index in [4.69, 9.17) is 16.3 Å². The molecule has 0 saturated carbocycles. The van der Waals surface area contributed by atoms with Crippen molar-refractivity contribution in [3.8, 4) is 11.1 Å². The Morgan fingerprint density at radius 2 is 1.86 bits per heavy atom. The Hall–Kier alpha value is -2.24. The van der Waals surface area contributed by atoms with E-state index in [2.05, 4.69) is 42.2 Å². The molecule has 0 aliphatic heterocycles. The van der Waals surface area contributed by atoms with Gasteiger partial charge in [-0.1, -0.05) is 48.9 Å². The van der Waals surface area contributed by atoms with Gasteiger partial charge in [-0.15, -0.1) is 0 Å². The maximum atomic E-state index is 11.2. The Bertz CT molecular complexity index is 797. The van der Waals surface area contributed by atoms with Gasteiger partial charge in [0.15, 0.2) is 0 Å². The van der Waals surface area contributed by atoms with Crippen LogP contribution in [0.15, 0.2) is 42.5 Å². The van der Waals surface area contributed by atoms with Crippen molar-refractivity contribution < 1.29 is 14.6 Å². The van der Waals surface area contributed by atoms with Gasteiger partial charge in [-0.3, -0.25) is 0 Å². The molecule has 29 heavy (non-hydrogen) atoms. The number of carboxylic acid groups (broad SMARTS) is 1.